The molecule has 2 N–H and O–H groups in total. The van der Waals surface area contributed by atoms with Gasteiger partial charge in [0.25, 0.3) is 0 Å². The predicted octanol–water partition coefficient (Wildman–Crippen LogP) is 1.33. The van der Waals surface area contributed by atoms with Crippen LogP contribution in [0.1, 0.15) is 30.7 Å². The summed E-state index contributed by atoms with van der Waals surface area (Å²) in [5.41, 5.74) is 6.82. The van der Waals surface area contributed by atoms with Crippen molar-refractivity contribution in [3.05, 3.63) is 18.1 Å². The zero-order chi connectivity index (χ0) is 7.68. The number of nitrogens with zero attached hydrogens (tertiary/aromatic N) is 2. The van der Waals surface area contributed by atoms with Crippen molar-refractivity contribution in [1.29, 1.82) is 0 Å². The molecule has 1 saturated carbocycles. The molecule has 3 nitrogen and oxygen atoms in total. The molecule has 1 heterocycles. The SMILES string of the molecule is Nc1ncncc1C1CCC1. The molecule has 3 heteroatoms. The van der Waals surface area contributed by atoms with Crippen LogP contribution in [0, 0.1) is 0 Å². The number of aromatic nitrogens is 2. The van der Waals surface area contributed by atoms with Crippen LogP contribution in [0.3, 0.4) is 0 Å². The molecule has 1 aliphatic rings. The van der Waals surface area contributed by atoms with Crippen LogP contribution < -0.4 is 5.73 Å². The van der Waals surface area contributed by atoms with Crippen LogP contribution in [0.2, 0.25) is 0 Å². The maximum absolute atomic E-state index is 5.68. The Labute approximate surface area is 65.7 Å². The smallest absolute Gasteiger partial charge is 0.130 e. The van der Waals surface area contributed by atoms with E-state index in [-0.39, 0.29) is 0 Å². The maximum atomic E-state index is 5.68. The molecule has 0 bridgehead atoms. The molecule has 0 unspecified atom stereocenters. The molecule has 2 rings (SSSR count). The zero-order valence-corrected chi connectivity index (χ0v) is 6.33. The van der Waals surface area contributed by atoms with Gasteiger partial charge in [-0.15, -0.1) is 0 Å². The van der Waals surface area contributed by atoms with E-state index in [1.165, 1.54) is 25.6 Å². The molecule has 1 aromatic rings. The average Bonchev–Trinajstić information content (AvgIpc) is 1.90. The van der Waals surface area contributed by atoms with Crippen LogP contribution in [0.15, 0.2) is 12.5 Å². The van der Waals surface area contributed by atoms with Crippen LogP contribution in [-0.2, 0) is 0 Å². The van der Waals surface area contributed by atoms with Crippen molar-refractivity contribution in [2.45, 2.75) is 25.2 Å². The molecule has 58 valence electrons. The molecule has 1 aliphatic carbocycles. The largest absolute Gasteiger partial charge is 0.383 e. The van der Waals surface area contributed by atoms with E-state index in [4.69, 9.17) is 5.73 Å². The standard InChI is InChI=1S/C8H11N3/c9-8-7(4-10-5-11-8)6-2-1-3-6/h4-6H,1-3H2,(H2,9,10,11). The van der Waals surface area contributed by atoms with Gasteiger partial charge in [-0.1, -0.05) is 6.42 Å². The first kappa shape index (κ1) is 6.58. The third-order valence-corrected chi connectivity index (χ3v) is 2.32. The first-order valence-electron chi connectivity index (χ1n) is 3.93. The van der Waals surface area contributed by atoms with Gasteiger partial charge in [0.1, 0.15) is 12.1 Å². The van der Waals surface area contributed by atoms with Crippen molar-refractivity contribution >= 4 is 5.82 Å². The summed E-state index contributed by atoms with van der Waals surface area (Å²) in [5.74, 6) is 1.29. The molecule has 0 aliphatic heterocycles. The van der Waals surface area contributed by atoms with Crippen LogP contribution in [-0.4, -0.2) is 9.97 Å². The van der Waals surface area contributed by atoms with Crippen molar-refractivity contribution in [1.82, 2.24) is 9.97 Å². The van der Waals surface area contributed by atoms with Crippen molar-refractivity contribution in [2.24, 2.45) is 0 Å². The van der Waals surface area contributed by atoms with Gasteiger partial charge in [0.05, 0.1) is 0 Å². The molecule has 0 spiro atoms. The second kappa shape index (κ2) is 2.49. The molecule has 1 aromatic heterocycles. The predicted molar refractivity (Wildman–Crippen MR) is 43.0 cm³/mol. The minimum atomic E-state index is 0.635. The van der Waals surface area contributed by atoms with E-state index in [2.05, 4.69) is 9.97 Å². The second-order valence-corrected chi connectivity index (χ2v) is 2.99. The van der Waals surface area contributed by atoms with Gasteiger partial charge in [-0.2, -0.15) is 0 Å². The van der Waals surface area contributed by atoms with E-state index in [9.17, 15) is 0 Å². The Kier molecular flexibility index (Phi) is 1.49. The molecular weight excluding hydrogens is 138 g/mol. The van der Waals surface area contributed by atoms with E-state index in [1.54, 1.807) is 0 Å². The third kappa shape index (κ3) is 1.06. The van der Waals surface area contributed by atoms with Gasteiger partial charge in [-0.3, -0.25) is 0 Å². The molecule has 0 aromatic carbocycles. The monoisotopic (exact) mass is 149 g/mol. The number of hydrogen-bond acceptors (Lipinski definition) is 3. The third-order valence-electron chi connectivity index (χ3n) is 2.32. The Hall–Kier alpha value is -1.12. The van der Waals surface area contributed by atoms with Gasteiger partial charge in [0.15, 0.2) is 0 Å². The molecule has 1 fully saturated rings. The van der Waals surface area contributed by atoms with Gasteiger partial charge in [0, 0.05) is 11.8 Å². The Morgan fingerprint density at radius 3 is 2.82 bits per heavy atom. The summed E-state index contributed by atoms with van der Waals surface area (Å²) in [4.78, 5) is 7.91. The summed E-state index contributed by atoms with van der Waals surface area (Å²) in [7, 11) is 0. The fourth-order valence-electron chi connectivity index (χ4n) is 1.38. The fraction of sp³-hybridized carbons (Fsp3) is 0.500. The second-order valence-electron chi connectivity index (χ2n) is 2.99. The molecule has 0 atom stereocenters. The maximum Gasteiger partial charge on any atom is 0.130 e. The zero-order valence-electron chi connectivity index (χ0n) is 6.33. The highest BCUT2D eigenvalue weighted by molar-refractivity contribution is 5.39. The van der Waals surface area contributed by atoms with E-state index in [0.717, 1.165) is 5.56 Å². The number of nitrogen functional groups attached to an aromatic ring is 1. The minimum absolute atomic E-state index is 0.635. The topological polar surface area (TPSA) is 51.8 Å². The Morgan fingerprint density at radius 1 is 1.45 bits per heavy atom. The van der Waals surface area contributed by atoms with Crippen molar-refractivity contribution in [3.8, 4) is 0 Å². The minimum Gasteiger partial charge on any atom is -0.383 e. The van der Waals surface area contributed by atoms with Gasteiger partial charge in [0.2, 0.25) is 0 Å². The number of rotatable bonds is 1. The van der Waals surface area contributed by atoms with E-state index in [1.807, 2.05) is 6.20 Å². The summed E-state index contributed by atoms with van der Waals surface area (Å²) in [6.45, 7) is 0. The van der Waals surface area contributed by atoms with E-state index >= 15 is 0 Å². The number of anilines is 1. The summed E-state index contributed by atoms with van der Waals surface area (Å²) in [6.07, 6.45) is 7.15. The van der Waals surface area contributed by atoms with Crippen LogP contribution in [0.4, 0.5) is 5.82 Å². The van der Waals surface area contributed by atoms with Gasteiger partial charge in [-0.25, -0.2) is 9.97 Å². The van der Waals surface area contributed by atoms with E-state index < -0.39 is 0 Å². The quantitative estimate of drug-likeness (QED) is 0.655. The highest BCUT2D eigenvalue weighted by atomic mass is 14.9. The molecule has 0 amide bonds. The molecular formula is C8H11N3. The van der Waals surface area contributed by atoms with Crippen molar-refractivity contribution in [2.75, 3.05) is 5.73 Å². The van der Waals surface area contributed by atoms with Gasteiger partial charge in [-0.05, 0) is 18.8 Å². The van der Waals surface area contributed by atoms with Crippen molar-refractivity contribution < 1.29 is 0 Å². The normalized spacial score (nSPS) is 17.8. The van der Waals surface area contributed by atoms with Crippen LogP contribution >= 0.6 is 0 Å². The van der Waals surface area contributed by atoms with Gasteiger partial charge < -0.3 is 5.73 Å². The molecule has 0 saturated heterocycles. The first-order chi connectivity index (χ1) is 5.38. The van der Waals surface area contributed by atoms with Crippen LogP contribution in [0.5, 0.6) is 0 Å². The van der Waals surface area contributed by atoms with Crippen molar-refractivity contribution in [3.63, 3.8) is 0 Å². The lowest BCUT2D eigenvalue weighted by Gasteiger charge is -2.25. The molecule has 11 heavy (non-hydrogen) atoms. The van der Waals surface area contributed by atoms with Gasteiger partial charge >= 0.3 is 0 Å². The lowest BCUT2D eigenvalue weighted by molar-refractivity contribution is 0.419. The number of nitrogens with two attached hydrogens (primary N) is 1. The molecule has 0 radical (unpaired) electrons. The highest BCUT2D eigenvalue weighted by Crippen LogP contribution is 2.37. The Bertz CT molecular complexity index is 255. The lowest BCUT2D eigenvalue weighted by atomic mass is 9.81. The van der Waals surface area contributed by atoms with Crippen LogP contribution in [0.25, 0.3) is 0 Å². The first-order valence-corrected chi connectivity index (χ1v) is 3.93. The van der Waals surface area contributed by atoms with E-state index in [0.29, 0.717) is 11.7 Å². The summed E-state index contributed by atoms with van der Waals surface area (Å²) < 4.78 is 0. The highest BCUT2D eigenvalue weighted by Gasteiger charge is 2.21. The summed E-state index contributed by atoms with van der Waals surface area (Å²) in [5, 5.41) is 0. The fourth-order valence-corrected chi connectivity index (χ4v) is 1.38. The Morgan fingerprint density at radius 2 is 2.27 bits per heavy atom. The summed E-state index contributed by atoms with van der Waals surface area (Å²) in [6, 6.07) is 0. The number of hydrogen-bond donors (Lipinski definition) is 1. The summed E-state index contributed by atoms with van der Waals surface area (Å²) >= 11 is 0. The lowest BCUT2D eigenvalue weighted by Crippen LogP contribution is -2.12. The Balaban J connectivity index is 2.28. The average molecular weight is 149 g/mol.